The zero-order chi connectivity index (χ0) is 17.1. The van der Waals surface area contributed by atoms with Crippen molar-refractivity contribution in [2.45, 2.75) is 38.5 Å². The Morgan fingerprint density at radius 3 is 2.68 bits per heavy atom. The molecule has 0 saturated carbocycles. The van der Waals surface area contributed by atoms with Crippen molar-refractivity contribution in [3.05, 3.63) is 28.8 Å². The van der Waals surface area contributed by atoms with Gasteiger partial charge in [0.15, 0.2) is 16.6 Å². The van der Waals surface area contributed by atoms with Gasteiger partial charge in [-0.25, -0.2) is 9.78 Å². The smallest absolute Gasteiger partial charge is 0.325 e. The number of benzene rings is 1. The first kappa shape index (κ1) is 16.2. The number of carbonyl (C=O) groups is 1. The number of thiazole rings is 1. The van der Waals surface area contributed by atoms with Crippen molar-refractivity contribution in [1.82, 2.24) is 4.98 Å². The molecule has 1 aromatic heterocycles. The summed E-state index contributed by atoms with van der Waals surface area (Å²) in [5.41, 5.74) is 1.82. The molecule has 0 atom stereocenters. The third-order valence-electron chi connectivity index (χ3n) is 4.37. The molecule has 7 heteroatoms. The number of fused-ring (bicyclic) bond motifs is 2. The third-order valence-corrected chi connectivity index (χ3v) is 5.44. The molecule has 0 fully saturated rings. The molecule has 1 aliphatic heterocycles. The number of urea groups is 1. The van der Waals surface area contributed by atoms with E-state index in [0.29, 0.717) is 35.5 Å². The van der Waals surface area contributed by atoms with E-state index in [9.17, 15) is 4.79 Å². The lowest BCUT2D eigenvalue weighted by molar-refractivity contribution is 0.171. The standard InChI is InChI=1S/C18H21N3O3S/c22-17(19-12-7-8-14-15(11-12)24-10-9-23-14)21-18-20-13-5-3-1-2-4-6-16(13)25-18/h7-8,11H,1-6,9-10H2,(H2,19,20,21,22). The molecule has 1 aliphatic carbocycles. The minimum absolute atomic E-state index is 0.293. The zero-order valence-corrected chi connectivity index (χ0v) is 14.8. The number of rotatable bonds is 2. The van der Waals surface area contributed by atoms with Crippen LogP contribution >= 0.6 is 11.3 Å². The van der Waals surface area contributed by atoms with Crippen molar-refractivity contribution in [1.29, 1.82) is 0 Å². The molecule has 0 radical (unpaired) electrons. The molecule has 0 unspecified atom stereocenters. The number of nitrogens with one attached hydrogen (secondary N) is 2. The fraction of sp³-hybridized carbons (Fsp3) is 0.444. The second-order valence-electron chi connectivity index (χ2n) is 6.24. The van der Waals surface area contributed by atoms with Crippen LogP contribution in [-0.4, -0.2) is 24.2 Å². The highest BCUT2D eigenvalue weighted by Gasteiger charge is 2.16. The summed E-state index contributed by atoms with van der Waals surface area (Å²) in [5.74, 6) is 1.36. The molecule has 2 amide bonds. The van der Waals surface area contributed by atoms with E-state index in [4.69, 9.17) is 9.47 Å². The van der Waals surface area contributed by atoms with Gasteiger partial charge in [-0.1, -0.05) is 12.8 Å². The highest BCUT2D eigenvalue weighted by molar-refractivity contribution is 7.15. The van der Waals surface area contributed by atoms with Gasteiger partial charge in [-0.2, -0.15) is 0 Å². The maximum absolute atomic E-state index is 12.3. The number of aromatic nitrogens is 1. The molecular formula is C18H21N3O3S. The van der Waals surface area contributed by atoms with E-state index >= 15 is 0 Å². The fourth-order valence-electron chi connectivity index (χ4n) is 3.14. The number of amides is 2. The molecule has 1 aromatic carbocycles. The monoisotopic (exact) mass is 359 g/mol. The lowest BCUT2D eigenvalue weighted by Gasteiger charge is -2.18. The average Bonchev–Trinajstić information content (AvgIpc) is 2.95. The van der Waals surface area contributed by atoms with E-state index < -0.39 is 0 Å². The Hall–Kier alpha value is -2.28. The molecule has 0 spiro atoms. The molecular weight excluding hydrogens is 338 g/mol. The zero-order valence-electron chi connectivity index (χ0n) is 14.0. The summed E-state index contributed by atoms with van der Waals surface area (Å²) in [7, 11) is 0. The number of carbonyl (C=O) groups excluding carboxylic acids is 1. The number of nitrogens with zero attached hydrogens (tertiary/aromatic N) is 1. The van der Waals surface area contributed by atoms with E-state index in [1.54, 1.807) is 29.5 Å². The minimum atomic E-state index is -0.293. The van der Waals surface area contributed by atoms with E-state index in [2.05, 4.69) is 15.6 Å². The first-order valence-corrected chi connectivity index (χ1v) is 9.56. The summed E-state index contributed by atoms with van der Waals surface area (Å²) >= 11 is 1.59. The van der Waals surface area contributed by atoms with Crippen LogP contribution < -0.4 is 20.1 Å². The molecule has 2 aromatic rings. The van der Waals surface area contributed by atoms with Gasteiger partial charge in [0.1, 0.15) is 13.2 Å². The van der Waals surface area contributed by atoms with Crippen LogP contribution in [0.25, 0.3) is 0 Å². The number of hydrogen-bond acceptors (Lipinski definition) is 5. The second-order valence-corrected chi connectivity index (χ2v) is 7.32. The van der Waals surface area contributed by atoms with Crippen LogP contribution in [0.4, 0.5) is 15.6 Å². The Bertz CT molecular complexity index is 749. The van der Waals surface area contributed by atoms with Crippen molar-refractivity contribution < 1.29 is 14.3 Å². The Labute approximate surface area is 150 Å². The molecule has 0 bridgehead atoms. The van der Waals surface area contributed by atoms with Gasteiger partial charge in [-0.3, -0.25) is 5.32 Å². The summed E-state index contributed by atoms with van der Waals surface area (Å²) in [6.07, 6.45) is 7.02. The Morgan fingerprint density at radius 1 is 1.00 bits per heavy atom. The van der Waals surface area contributed by atoms with E-state index in [1.807, 2.05) is 0 Å². The van der Waals surface area contributed by atoms with Gasteiger partial charge < -0.3 is 14.8 Å². The number of hydrogen-bond donors (Lipinski definition) is 2. The quantitative estimate of drug-likeness (QED) is 0.842. The maximum atomic E-state index is 12.3. The molecule has 4 rings (SSSR count). The van der Waals surface area contributed by atoms with Gasteiger partial charge in [-0.15, -0.1) is 11.3 Å². The average molecular weight is 359 g/mol. The highest BCUT2D eigenvalue weighted by atomic mass is 32.1. The molecule has 132 valence electrons. The minimum Gasteiger partial charge on any atom is -0.486 e. The summed E-state index contributed by atoms with van der Waals surface area (Å²) in [6, 6.07) is 5.08. The summed E-state index contributed by atoms with van der Waals surface area (Å²) in [5, 5.41) is 6.35. The first-order chi connectivity index (χ1) is 12.3. The predicted octanol–water partition coefficient (Wildman–Crippen LogP) is 4.22. The molecule has 2 heterocycles. The normalized spacial score (nSPS) is 16.3. The molecule has 2 N–H and O–H groups in total. The third kappa shape index (κ3) is 3.87. The van der Waals surface area contributed by atoms with Crippen molar-refractivity contribution in [2.24, 2.45) is 0 Å². The largest absolute Gasteiger partial charge is 0.486 e. The topological polar surface area (TPSA) is 72.5 Å². The first-order valence-electron chi connectivity index (χ1n) is 8.74. The Morgan fingerprint density at radius 2 is 1.80 bits per heavy atom. The van der Waals surface area contributed by atoms with Crippen LogP contribution in [-0.2, 0) is 12.8 Å². The summed E-state index contributed by atoms with van der Waals surface area (Å²) in [4.78, 5) is 18.2. The molecule has 25 heavy (non-hydrogen) atoms. The van der Waals surface area contributed by atoms with E-state index in [-0.39, 0.29) is 6.03 Å². The van der Waals surface area contributed by atoms with Crippen molar-refractivity contribution in [2.75, 3.05) is 23.8 Å². The summed E-state index contributed by atoms with van der Waals surface area (Å²) < 4.78 is 11.0. The van der Waals surface area contributed by atoms with Gasteiger partial charge in [-0.05, 0) is 37.8 Å². The van der Waals surface area contributed by atoms with Crippen molar-refractivity contribution in [3.63, 3.8) is 0 Å². The Balaban J connectivity index is 1.41. The fourth-order valence-corrected chi connectivity index (χ4v) is 4.18. The Kier molecular flexibility index (Phi) is 4.74. The maximum Gasteiger partial charge on any atom is 0.325 e. The second kappa shape index (κ2) is 7.31. The van der Waals surface area contributed by atoms with Crippen molar-refractivity contribution in [3.8, 4) is 11.5 Å². The van der Waals surface area contributed by atoms with Crippen LogP contribution in [0.2, 0.25) is 0 Å². The van der Waals surface area contributed by atoms with Crippen molar-refractivity contribution >= 4 is 28.2 Å². The van der Waals surface area contributed by atoms with Gasteiger partial charge in [0.05, 0.1) is 5.69 Å². The van der Waals surface area contributed by atoms with Gasteiger partial charge in [0.2, 0.25) is 0 Å². The predicted molar refractivity (Wildman–Crippen MR) is 98.1 cm³/mol. The lowest BCUT2D eigenvalue weighted by Crippen LogP contribution is -2.20. The number of ether oxygens (including phenoxy) is 2. The van der Waals surface area contributed by atoms with Crippen LogP contribution in [0.15, 0.2) is 18.2 Å². The van der Waals surface area contributed by atoms with Crippen LogP contribution in [0.1, 0.15) is 36.3 Å². The van der Waals surface area contributed by atoms with Gasteiger partial charge in [0.25, 0.3) is 0 Å². The van der Waals surface area contributed by atoms with Gasteiger partial charge in [0, 0.05) is 16.6 Å². The lowest BCUT2D eigenvalue weighted by atomic mass is 10.0. The SMILES string of the molecule is O=C(Nc1ccc2c(c1)OCCO2)Nc1nc2c(s1)CCCCCC2. The molecule has 2 aliphatic rings. The molecule has 0 saturated heterocycles. The van der Waals surface area contributed by atoms with Crippen LogP contribution in [0, 0.1) is 0 Å². The molecule has 6 nitrogen and oxygen atoms in total. The number of anilines is 2. The van der Waals surface area contributed by atoms with Crippen LogP contribution in [0.5, 0.6) is 11.5 Å². The highest BCUT2D eigenvalue weighted by Crippen LogP contribution is 2.33. The summed E-state index contributed by atoms with van der Waals surface area (Å²) in [6.45, 7) is 1.07. The van der Waals surface area contributed by atoms with Gasteiger partial charge >= 0.3 is 6.03 Å². The number of aryl methyl sites for hydroxylation is 2. The van der Waals surface area contributed by atoms with Crippen LogP contribution in [0.3, 0.4) is 0 Å². The van der Waals surface area contributed by atoms with E-state index in [0.717, 1.165) is 18.5 Å². The van der Waals surface area contributed by atoms with E-state index in [1.165, 1.54) is 30.6 Å².